The Bertz CT molecular complexity index is 559. The van der Waals surface area contributed by atoms with E-state index in [1.54, 1.807) is 12.1 Å². The van der Waals surface area contributed by atoms with Crippen LogP contribution >= 0.6 is 15.9 Å². The summed E-state index contributed by atoms with van der Waals surface area (Å²) in [5.74, 6) is -0.715. The van der Waals surface area contributed by atoms with Crippen molar-refractivity contribution in [3.8, 4) is 0 Å². The number of sulfonamides is 1. The number of amides is 1. The molecule has 0 aliphatic carbocycles. The Labute approximate surface area is 115 Å². The third-order valence-corrected chi connectivity index (χ3v) is 3.72. The number of benzene rings is 1. The average molecular weight is 335 g/mol. The molecule has 1 aromatic rings. The Morgan fingerprint density at radius 3 is 2.56 bits per heavy atom. The van der Waals surface area contributed by atoms with Crippen molar-refractivity contribution < 1.29 is 13.2 Å². The molecule has 1 unspecified atom stereocenters. The molecule has 0 aliphatic heterocycles. The molecule has 18 heavy (non-hydrogen) atoms. The van der Waals surface area contributed by atoms with E-state index in [2.05, 4.69) is 20.7 Å². The second-order valence-electron chi connectivity index (χ2n) is 4.38. The van der Waals surface area contributed by atoms with Crippen LogP contribution in [0.4, 0.5) is 0 Å². The Balaban J connectivity index is 3.04. The molecule has 0 aliphatic rings. The molecule has 1 rings (SSSR count). The molecule has 1 amide bonds. The van der Waals surface area contributed by atoms with Gasteiger partial charge in [0.25, 0.3) is 0 Å². The van der Waals surface area contributed by atoms with Crippen molar-refractivity contribution in [3.63, 3.8) is 0 Å². The van der Waals surface area contributed by atoms with Gasteiger partial charge in [0.1, 0.15) is 5.54 Å². The van der Waals surface area contributed by atoms with Crippen molar-refractivity contribution in [2.24, 2.45) is 5.73 Å². The third kappa shape index (κ3) is 4.40. The van der Waals surface area contributed by atoms with E-state index >= 15 is 0 Å². The number of halogens is 1. The lowest BCUT2D eigenvalue weighted by atomic mass is 9.93. The molecule has 7 heteroatoms. The predicted molar refractivity (Wildman–Crippen MR) is 73.4 cm³/mol. The maximum absolute atomic E-state index is 11.5. The van der Waals surface area contributed by atoms with Crippen LogP contribution in [0.5, 0.6) is 0 Å². The van der Waals surface area contributed by atoms with Crippen molar-refractivity contribution in [3.05, 3.63) is 34.3 Å². The summed E-state index contributed by atoms with van der Waals surface area (Å²) in [6.07, 6.45) is 1.18. The minimum absolute atomic E-state index is 0.189. The van der Waals surface area contributed by atoms with Gasteiger partial charge in [-0.05, 0) is 24.6 Å². The van der Waals surface area contributed by atoms with Crippen LogP contribution in [0.15, 0.2) is 28.7 Å². The number of hydrogen-bond acceptors (Lipinski definition) is 3. The van der Waals surface area contributed by atoms with Crippen LogP contribution in [-0.2, 0) is 21.2 Å². The number of carbonyl (C=O) groups excluding carboxylic acids is 1. The van der Waals surface area contributed by atoms with E-state index in [1.165, 1.54) is 6.92 Å². The van der Waals surface area contributed by atoms with Gasteiger partial charge in [0.2, 0.25) is 15.9 Å². The summed E-state index contributed by atoms with van der Waals surface area (Å²) in [6.45, 7) is 1.47. The Morgan fingerprint density at radius 1 is 1.50 bits per heavy atom. The first kappa shape index (κ1) is 15.1. The van der Waals surface area contributed by atoms with Gasteiger partial charge < -0.3 is 5.73 Å². The van der Waals surface area contributed by atoms with Crippen LogP contribution < -0.4 is 10.5 Å². The largest absolute Gasteiger partial charge is 0.368 e. The highest BCUT2D eigenvalue weighted by Gasteiger charge is 2.34. The summed E-state index contributed by atoms with van der Waals surface area (Å²) in [6, 6.07) is 7.26. The van der Waals surface area contributed by atoms with Gasteiger partial charge in [0, 0.05) is 10.9 Å². The van der Waals surface area contributed by atoms with E-state index < -0.39 is 21.5 Å². The average Bonchev–Trinajstić information content (AvgIpc) is 2.13. The number of rotatable bonds is 5. The SMILES string of the molecule is CC(Cc1cccc(Br)c1)(NS(C)(=O)=O)C(N)=O. The second kappa shape index (κ2) is 5.38. The highest BCUT2D eigenvalue weighted by Crippen LogP contribution is 2.18. The first-order chi connectivity index (χ1) is 8.12. The summed E-state index contributed by atoms with van der Waals surface area (Å²) in [5, 5.41) is 0. The number of nitrogens with two attached hydrogens (primary N) is 1. The van der Waals surface area contributed by atoms with Gasteiger partial charge in [-0.1, -0.05) is 28.1 Å². The first-order valence-corrected chi connectivity index (χ1v) is 7.84. The molecule has 0 spiro atoms. The monoisotopic (exact) mass is 334 g/mol. The fourth-order valence-electron chi connectivity index (χ4n) is 1.64. The summed E-state index contributed by atoms with van der Waals surface area (Å²) < 4.78 is 25.7. The van der Waals surface area contributed by atoms with Gasteiger partial charge in [-0.15, -0.1) is 0 Å². The molecule has 0 aromatic heterocycles. The number of hydrogen-bond donors (Lipinski definition) is 2. The molecular weight excluding hydrogens is 320 g/mol. The lowest BCUT2D eigenvalue weighted by molar-refractivity contribution is -0.123. The fraction of sp³-hybridized carbons (Fsp3) is 0.364. The van der Waals surface area contributed by atoms with E-state index in [0.29, 0.717) is 0 Å². The zero-order chi connectivity index (χ0) is 14.0. The van der Waals surface area contributed by atoms with Crippen LogP contribution in [0.1, 0.15) is 12.5 Å². The highest BCUT2D eigenvalue weighted by atomic mass is 79.9. The molecule has 3 N–H and O–H groups in total. The summed E-state index contributed by atoms with van der Waals surface area (Å²) in [4.78, 5) is 11.5. The molecule has 0 fully saturated rings. The van der Waals surface area contributed by atoms with Crippen LogP contribution in [0.2, 0.25) is 0 Å². The number of carbonyl (C=O) groups is 1. The van der Waals surface area contributed by atoms with Crippen LogP contribution in [-0.4, -0.2) is 26.1 Å². The van der Waals surface area contributed by atoms with Crippen molar-refractivity contribution >= 4 is 31.9 Å². The Hall–Kier alpha value is -0.920. The van der Waals surface area contributed by atoms with Crippen molar-refractivity contribution in [2.45, 2.75) is 18.9 Å². The molecule has 0 heterocycles. The van der Waals surface area contributed by atoms with Crippen molar-refractivity contribution in [2.75, 3.05) is 6.26 Å². The zero-order valence-electron chi connectivity index (χ0n) is 10.1. The molecule has 1 atom stereocenters. The van der Waals surface area contributed by atoms with Crippen LogP contribution in [0.3, 0.4) is 0 Å². The zero-order valence-corrected chi connectivity index (χ0v) is 12.5. The summed E-state index contributed by atoms with van der Waals surface area (Å²) >= 11 is 3.31. The number of primary amides is 1. The molecule has 0 saturated heterocycles. The quantitative estimate of drug-likeness (QED) is 0.833. The molecule has 0 saturated carbocycles. The minimum Gasteiger partial charge on any atom is -0.368 e. The first-order valence-electron chi connectivity index (χ1n) is 5.16. The fourth-order valence-corrected chi connectivity index (χ4v) is 3.08. The third-order valence-electron chi connectivity index (χ3n) is 2.40. The van der Waals surface area contributed by atoms with Gasteiger partial charge in [-0.3, -0.25) is 4.79 Å². The molecule has 5 nitrogen and oxygen atoms in total. The number of nitrogens with one attached hydrogen (secondary N) is 1. The topological polar surface area (TPSA) is 89.3 Å². The minimum atomic E-state index is -3.52. The maximum Gasteiger partial charge on any atom is 0.238 e. The molecule has 0 radical (unpaired) electrons. The van der Waals surface area contributed by atoms with Gasteiger partial charge in [0.15, 0.2) is 0 Å². The molecule has 0 bridgehead atoms. The maximum atomic E-state index is 11.5. The molecular formula is C11H15BrN2O3S. The highest BCUT2D eigenvalue weighted by molar-refractivity contribution is 9.10. The standard InChI is InChI=1S/C11H15BrN2O3S/c1-11(10(13)15,14-18(2,16)17)7-8-4-3-5-9(12)6-8/h3-6,14H,7H2,1-2H3,(H2,13,15). The van der Waals surface area contributed by atoms with Gasteiger partial charge in [0.05, 0.1) is 6.26 Å². The summed E-state index contributed by atoms with van der Waals surface area (Å²) in [5.41, 5.74) is 4.75. The second-order valence-corrected chi connectivity index (χ2v) is 7.04. The van der Waals surface area contributed by atoms with Gasteiger partial charge in [-0.2, -0.15) is 4.72 Å². The lowest BCUT2D eigenvalue weighted by Crippen LogP contribution is -2.56. The van der Waals surface area contributed by atoms with E-state index in [0.717, 1.165) is 16.3 Å². The van der Waals surface area contributed by atoms with Crippen LogP contribution in [0, 0.1) is 0 Å². The predicted octanol–water partition coefficient (Wildman–Crippen LogP) is 0.785. The van der Waals surface area contributed by atoms with E-state index in [-0.39, 0.29) is 6.42 Å². The van der Waals surface area contributed by atoms with Gasteiger partial charge >= 0.3 is 0 Å². The van der Waals surface area contributed by atoms with E-state index in [4.69, 9.17) is 5.73 Å². The Morgan fingerprint density at radius 2 is 2.11 bits per heavy atom. The smallest absolute Gasteiger partial charge is 0.238 e. The summed E-state index contributed by atoms with van der Waals surface area (Å²) in [7, 11) is -3.52. The van der Waals surface area contributed by atoms with E-state index in [9.17, 15) is 13.2 Å². The Kier molecular flexibility index (Phi) is 4.52. The molecule has 100 valence electrons. The van der Waals surface area contributed by atoms with E-state index in [1.807, 2.05) is 12.1 Å². The van der Waals surface area contributed by atoms with Crippen molar-refractivity contribution in [1.29, 1.82) is 0 Å². The molecule has 1 aromatic carbocycles. The normalized spacial score (nSPS) is 15.1. The van der Waals surface area contributed by atoms with Gasteiger partial charge in [-0.25, -0.2) is 8.42 Å². The van der Waals surface area contributed by atoms with Crippen LogP contribution in [0.25, 0.3) is 0 Å². The lowest BCUT2D eigenvalue weighted by Gasteiger charge is -2.26. The van der Waals surface area contributed by atoms with Crippen molar-refractivity contribution in [1.82, 2.24) is 4.72 Å².